The molecule has 3 N–H and O–H groups in total. The maximum Gasteiger partial charge on any atom is 0.411 e. The average Bonchev–Trinajstić information content (AvgIpc) is 3.52. The van der Waals surface area contributed by atoms with E-state index in [1.807, 2.05) is 44.2 Å². The van der Waals surface area contributed by atoms with Crippen molar-refractivity contribution in [3.8, 4) is 11.4 Å². The summed E-state index contributed by atoms with van der Waals surface area (Å²) in [6, 6.07) is 18.3. The minimum atomic E-state index is -0.635. The largest absolute Gasteiger partial charge is 0.444 e. The highest BCUT2D eigenvalue weighted by Crippen LogP contribution is 2.19. The summed E-state index contributed by atoms with van der Waals surface area (Å²) in [6.07, 6.45) is 5.96. The zero-order valence-electron chi connectivity index (χ0n) is 20.8. The summed E-state index contributed by atoms with van der Waals surface area (Å²) in [5.41, 5.74) is 9.53. The number of nitrogens with zero attached hydrogens (tertiary/aromatic N) is 4. The summed E-state index contributed by atoms with van der Waals surface area (Å²) in [6.45, 7) is 3.83. The Morgan fingerprint density at radius 3 is 1.97 bits per heavy atom. The number of benzene rings is 3. The van der Waals surface area contributed by atoms with Crippen molar-refractivity contribution in [1.29, 1.82) is 0 Å². The number of amides is 1. The fraction of sp³-hybridized carbons (Fsp3) is 0.107. The normalized spacial score (nSPS) is 10.4. The van der Waals surface area contributed by atoms with Gasteiger partial charge in [0, 0.05) is 23.8 Å². The summed E-state index contributed by atoms with van der Waals surface area (Å²) in [7, 11) is 0. The van der Waals surface area contributed by atoms with Crippen molar-refractivity contribution in [3.05, 3.63) is 120 Å². The second kappa shape index (κ2) is 11.8. The first-order chi connectivity index (χ1) is 18.3. The number of carbonyl (C=O) groups excluding carboxylic acids is 1. The molecule has 1 amide bonds. The quantitative estimate of drug-likeness (QED) is 0.280. The average molecular weight is 517 g/mol. The van der Waals surface area contributed by atoms with Crippen molar-refractivity contribution in [1.82, 2.24) is 19.1 Å². The molecule has 8 nitrogen and oxygen atoms in total. The molecule has 2 aromatic heterocycles. The van der Waals surface area contributed by atoms with Gasteiger partial charge in [-0.15, -0.1) is 0 Å². The first-order valence-electron chi connectivity index (χ1n) is 11.6. The van der Waals surface area contributed by atoms with Gasteiger partial charge in [0.05, 0.1) is 35.4 Å². The lowest BCUT2D eigenvalue weighted by atomic mass is 10.2. The van der Waals surface area contributed by atoms with E-state index in [0.717, 1.165) is 17.0 Å². The molecule has 10 heteroatoms. The Hall–Kier alpha value is -4.99. The SMILES string of the molecule is Cc1cn(-c2ccc(N)cc2F)cn1.Cc1cn(-c2ccc(NC(=O)OCc3ccccc3)cc2F)cn1. The molecule has 0 spiro atoms. The molecule has 194 valence electrons. The first kappa shape index (κ1) is 26.1. The Morgan fingerprint density at radius 1 is 0.868 bits per heavy atom. The molecule has 0 fully saturated rings. The molecular weight excluding hydrogens is 490 g/mol. The number of imidazole rings is 2. The van der Waals surface area contributed by atoms with Crippen LogP contribution in [0.3, 0.4) is 0 Å². The van der Waals surface area contributed by atoms with Crippen molar-refractivity contribution in [3.63, 3.8) is 0 Å². The smallest absolute Gasteiger partial charge is 0.411 e. The molecular formula is C28H26F2N6O2. The van der Waals surface area contributed by atoms with E-state index in [1.165, 1.54) is 18.5 Å². The number of nitrogens with two attached hydrogens (primary N) is 1. The minimum absolute atomic E-state index is 0.154. The van der Waals surface area contributed by atoms with E-state index >= 15 is 0 Å². The number of hydrogen-bond acceptors (Lipinski definition) is 5. The van der Waals surface area contributed by atoms with Crippen molar-refractivity contribution in [2.45, 2.75) is 20.5 Å². The van der Waals surface area contributed by atoms with E-state index in [-0.39, 0.29) is 12.4 Å². The number of carbonyl (C=O) groups is 1. The minimum Gasteiger partial charge on any atom is -0.444 e. The molecule has 5 rings (SSSR count). The molecule has 38 heavy (non-hydrogen) atoms. The van der Waals surface area contributed by atoms with Gasteiger partial charge in [0.25, 0.3) is 0 Å². The van der Waals surface area contributed by atoms with Gasteiger partial charge >= 0.3 is 6.09 Å². The number of ether oxygens (including phenoxy) is 1. The third-order valence-corrected chi connectivity index (χ3v) is 5.36. The number of nitrogens with one attached hydrogen (secondary N) is 1. The van der Waals surface area contributed by atoms with E-state index in [4.69, 9.17) is 10.5 Å². The molecule has 0 radical (unpaired) electrons. The number of rotatable bonds is 5. The van der Waals surface area contributed by atoms with E-state index in [1.54, 1.807) is 52.1 Å². The van der Waals surface area contributed by atoms with E-state index in [0.29, 0.717) is 22.7 Å². The Balaban J connectivity index is 0.000000204. The Morgan fingerprint density at radius 2 is 1.45 bits per heavy atom. The highest BCUT2D eigenvalue weighted by Gasteiger charge is 2.09. The Labute approximate surface area is 218 Å². The molecule has 5 aromatic rings. The van der Waals surface area contributed by atoms with Crippen LogP contribution in [0.5, 0.6) is 0 Å². The molecule has 0 aliphatic carbocycles. The molecule has 0 saturated carbocycles. The Bertz CT molecular complexity index is 1530. The van der Waals surface area contributed by atoms with Crippen molar-refractivity contribution in [2.75, 3.05) is 11.1 Å². The molecule has 0 saturated heterocycles. The van der Waals surface area contributed by atoms with Gasteiger partial charge in [0.2, 0.25) is 0 Å². The predicted octanol–water partition coefficient (Wildman–Crippen LogP) is 5.97. The molecule has 0 aliphatic rings. The fourth-order valence-electron chi connectivity index (χ4n) is 3.51. The standard InChI is InChI=1S/C18H16FN3O2.C10H10FN3/c1-13-10-22(12-20-13)17-8-7-15(9-16(17)19)21-18(23)24-11-14-5-3-2-4-6-14;1-7-5-14(6-13-7)10-3-2-8(12)4-9(10)11/h2-10,12H,11H2,1H3,(H,21,23);2-6H,12H2,1H3. The van der Waals surface area contributed by atoms with Crippen LogP contribution in [-0.2, 0) is 11.3 Å². The summed E-state index contributed by atoms with van der Waals surface area (Å²) in [5, 5.41) is 2.51. The molecule has 0 atom stereocenters. The Kier molecular flexibility index (Phi) is 8.12. The molecule has 3 aromatic carbocycles. The lowest BCUT2D eigenvalue weighted by Crippen LogP contribution is -2.13. The van der Waals surface area contributed by atoms with Gasteiger partial charge in [-0.05, 0) is 55.8 Å². The highest BCUT2D eigenvalue weighted by atomic mass is 19.1. The summed E-state index contributed by atoms with van der Waals surface area (Å²) in [5.74, 6) is -0.810. The first-order valence-corrected chi connectivity index (χ1v) is 11.6. The van der Waals surface area contributed by atoms with Gasteiger partial charge in [0.15, 0.2) is 0 Å². The van der Waals surface area contributed by atoms with Crippen LogP contribution in [0.25, 0.3) is 11.4 Å². The lowest BCUT2D eigenvalue weighted by molar-refractivity contribution is 0.155. The lowest BCUT2D eigenvalue weighted by Gasteiger charge is -2.09. The third kappa shape index (κ3) is 6.82. The van der Waals surface area contributed by atoms with Crippen molar-refractivity contribution in [2.24, 2.45) is 0 Å². The van der Waals surface area contributed by atoms with Crippen LogP contribution in [0.1, 0.15) is 17.0 Å². The molecule has 0 aliphatic heterocycles. The highest BCUT2D eigenvalue weighted by molar-refractivity contribution is 5.84. The van der Waals surface area contributed by atoms with Gasteiger partial charge < -0.3 is 19.6 Å². The molecule has 0 unspecified atom stereocenters. The predicted molar refractivity (Wildman–Crippen MR) is 141 cm³/mol. The van der Waals surface area contributed by atoms with Gasteiger partial charge in [0.1, 0.15) is 18.2 Å². The second-order valence-electron chi connectivity index (χ2n) is 8.41. The number of hydrogen-bond donors (Lipinski definition) is 2. The van der Waals surface area contributed by atoms with Gasteiger partial charge in [-0.1, -0.05) is 30.3 Å². The van der Waals surface area contributed by atoms with Crippen LogP contribution >= 0.6 is 0 Å². The van der Waals surface area contributed by atoms with Crippen molar-refractivity contribution < 1.29 is 18.3 Å². The maximum absolute atomic E-state index is 14.2. The molecule has 0 bridgehead atoms. The summed E-state index contributed by atoms with van der Waals surface area (Å²) >= 11 is 0. The fourth-order valence-corrected chi connectivity index (χ4v) is 3.51. The van der Waals surface area contributed by atoms with E-state index in [2.05, 4.69) is 15.3 Å². The number of halogens is 2. The van der Waals surface area contributed by atoms with Crippen LogP contribution in [0, 0.1) is 25.5 Å². The van der Waals surface area contributed by atoms with E-state index in [9.17, 15) is 13.6 Å². The number of aromatic nitrogens is 4. The van der Waals surface area contributed by atoms with Gasteiger partial charge in [-0.3, -0.25) is 5.32 Å². The maximum atomic E-state index is 14.2. The number of nitrogen functional groups attached to an aromatic ring is 1. The number of anilines is 2. The van der Waals surface area contributed by atoms with Gasteiger partial charge in [-0.2, -0.15) is 0 Å². The third-order valence-electron chi connectivity index (χ3n) is 5.36. The zero-order valence-corrected chi connectivity index (χ0v) is 20.8. The zero-order chi connectivity index (χ0) is 27.1. The van der Waals surface area contributed by atoms with Crippen LogP contribution in [0.2, 0.25) is 0 Å². The second-order valence-corrected chi connectivity index (χ2v) is 8.41. The van der Waals surface area contributed by atoms with Crippen LogP contribution in [-0.4, -0.2) is 25.2 Å². The number of aryl methyl sites for hydroxylation is 2. The topological polar surface area (TPSA) is 100.0 Å². The van der Waals surface area contributed by atoms with Gasteiger partial charge in [-0.25, -0.2) is 23.5 Å². The molecule has 2 heterocycles. The van der Waals surface area contributed by atoms with Crippen LogP contribution in [0.15, 0.2) is 91.8 Å². The monoisotopic (exact) mass is 516 g/mol. The van der Waals surface area contributed by atoms with Crippen LogP contribution in [0.4, 0.5) is 25.0 Å². The summed E-state index contributed by atoms with van der Waals surface area (Å²) in [4.78, 5) is 19.9. The summed E-state index contributed by atoms with van der Waals surface area (Å²) < 4.78 is 35.9. The van der Waals surface area contributed by atoms with E-state index < -0.39 is 11.9 Å². The van der Waals surface area contributed by atoms with Crippen molar-refractivity contribution >= 4 is 17.5 Å². The van der Waals surface area contributed by atoms with Crippen LogP contribution < -0.4 is 11.1 Å².